The molecule has 1 atom stereocenters. The quantitative estimate of drug-likeness (QED) is 0.791. The summed E-state index contributed by atoms with van der Waals surface area (Å²) in [7, 11) is 0. The zero-order valence-corrected chi connectivity index (χ0v) is 15.8. The maximum absolute atomic E-state index is 12.7. The molecule has 2 aliphatic rings. The van der Waals surface area contributed by atoms with Crippen LogP contribution >= 0.6 is 43.2 Å². The van der Waals surface area contributed by atoms with E-state index in [-0.39, 0.29) is 6.04 Å². The van der Waals surface area contributed by atoms with E-state index >= 15 is 0 Å². The van der Waals surface area contributed by atoms with Crippen LogP contribution in [0.25, 0.3) is 0 Å². The summed E-state index contributed by atoms with van der Waals surface area (Å²) in [5.41, 5.74) is 0. The maximum Gasteiger partial charge on any atom is 0.240 e. The number of nitrogens with zero attached hydrogens (tertiary/aromatic N) is 2. The molecule has 0 spiro atoms. The Kier molecular flexibility index (Phi) is 5.37. The molecule has 1 aromatic rings. The lowest BCUT2D eigenvalue weighted by Crippen LogP contribution is -2.52. The first-order valence-corrected chi connectivity index (χ1v) is 9.72. The van der Waals surface area contributed by atoms with Crippen molar-refractivity contribution in [3.05, 3.63) is 19.2 Å². The van der Waals surface area contributed by atoms with Gasteiger partial charge in [0.05, 0.1) is 9.83 Å². The summed E-state index contributed by atoms with van der Waals surface area (Å²) in [5, 5.41) is 3.30. The highest BCUT2D eigenvalue weighted by atomic mass is 79.9. The van der Waals surface area contributed by atoms with Gasteiger partial charge in [0.1, 0.15) is 0 Å². The Morgan fingerprint density at radius 3 is 2.76 bits per heavy atom. The van der Waals surface area contributed by atoms with Crippen LogP contribution in [0, 0.1) is 0 Å². The molecule has 0 bridgehead atoms. The van der Waals surface area contributed by atoms with Crippen molar-refractivity contribution in [3.63, 3.8) is 0 Å². The Balaban J connectivity index is 1.65. The number of thiophene rings is 1. The molecule has 3 heterocycles. The van der Waals surface area contributed by atoms with Gasteiger partial charge in [0.25, 0.3) is 0 Å². The molecule has 0 aliphatic carbocycles. The van der Waals surface area contributed by atoms with Gasteiger partial charge in [-0.3, -0.25) is 9.69 Å². The van der Waals surface area contributed by atoms with E-state index < -0.39 is 0 Å². The van der Waals surface area contributed by atoms with E-state index in [9.17, 15) is 4.79 Å². The predicted molar refractivity (Wildman–Crippen MR) is 92.6 cm³/mol. The zero-order chi connectivity index (χ0) is 14.8. The van der Waals surface area contributed by atoms with Crippen molar-refractivity contribution < 1.29 is 4.79 Å². The molecular formula is C14H19Br2N3OS. The Bertz CT molecular complexity index is 497. The van der Waals surface area contributed by atoms with Crippen LogP contribution in [0.4, 0.5) is 0 Å². The van der Waals surface area contributed by atoms with E-state index in [1.807, 2.05) is 4.90 Å². The van der Waals surface area contributed by atoms with Gasteiger partial charge in [-0.1, -0.05) is 0 Å². The van der Waals surface area contributed by atoms with Crippen molar-refractivity contribution in [1.29, 1.82) is 0 Å². The summed E-state index contributed by atoms with van der Waals surface area (Å²) in [6, 6.07) is 2.22. The largest absolute Gasteiger partial charge is 0.339 e. The van der Waals surface area contributed by atoms with E-state index in [1.54, 1.807) is 11.3 Å². The van der Waals surface area contributed by atoms with Crippen molar-refractivity contribution in [1.82, 2.24) is 15.1 Å². The van der Waals surface area contributed by atoms with Crippen molar-refractivity contribution in [2.45, 2.75) is 25.4 Å². The van der Waals surface area contributed by atoms with Gasteiger partial charge >= 0.3 is 0 Å². The van der Waals surface area contributed by atoms with Gasteiger partial charge in [-0.15, -0.1) is 11.3 Å². The third-order valence-corrected chi connectivity index (χ3v) is 7.37. The van der Waals surface area contributed by atoms with E-state index in [1.165, 1.54) is 4.88 Å². The summed E-state index contributed by atoms with van der Waals surface area (Å²) in [6.07, 6.45) is 2.12. The summed E-state index contributed by atoms with van der Waals surface area (Å²) < 4.78 is 2.23. The SMILES string of the molecule is O=C(C1CCCN1Cc1cc(Br)c(Br)s1)N1CCNCC1. The predicted octanol–water partition coefficient (Wildman–Crippen LogP) is 2.67. The number of carbonyl (C=O) groups excluding carboxylic acids is 1. The minimum Gasteiger partial charge on any atom is -0.339 e. The van der Waals surface area contributed by atoms with Crippen LogP contribution < -0.4 is 5.32 Å². The molecule has 2 fully saturated rings. The highest BCUT2D eigenvalue weighted by molar-refractivity contribution is 9.13. The number of hydrogen-bond donors (Lipinski definition) is 1. The highest BCUT2D eigenvalue weighted by Crippen LogP contribution is 2.34. The second-order valence-corrected chi connectivity index (χ2v) is 8.85. The molecular weight excluding hydrogens is 418 g/mol. The van der Waals surface area contributed by atoms with Gasteiger partial charge in [-0.2, -0.15) is 0 Å². The van der Waals surface area contributed by atoms with Gasteiger partial charge in [0.15, 0.2) is 0 Å². The Morgan fingerprint density at radius 2 is 2.10 bits per heavy atom. The van der Waals surface area contributed by atoms with E-state index in [0.29, 0.717) is 5.91 Å². The Hall–Kier alpha value is 0.0500. The summed E-state index contributed by atoms with van der Waals surface area (Å²) >= 11 is 8.82. The highest BCUT2D eigenvalue weighted by Gasteiger charge is 2.34. The second kappa shape index (κ2) is 7.08. The number of piperazine rings is 1. The molecule has 21 heavy (non-hydrogen) atoms. The second-order valence-electron chi connectivity index (χ2n) is 5.54. The minimum atomic E-state index is 0.0720. The maximum atomic E-state index is 12.7. The van der Waals surface area contributed by atoms with Gasteiger partial charge < -0.3 is 10.2 Å². The Morgan fingerprint density at radius 1 is 1.33 bits per heavy atom. The lowest BCUT2D eigenvalue weighted by atomic mass is 10.1. The molecule has 1 aromatic heterocycles. The molecule has 3 rings (SSSR count). The lowest BCUT2D eigenvalue weighted by molar-refractivity contribution is -0.136. The van der Waals surface area contributed by atoms with Crippen molar-refractivity contribution in [3.8, 4) is 0 Å². The molecule has 0 saturated carbocycles. The standard InChI is InChI=1S/C14H19Br2N3OS/c15-11-8-10(21-13(11)16)9-19-5-1-2-12(19)14(20)18-6-3-17-4-7-18/h8,12,17H,1-7,9H2. The first kappa shape index (κ1) is 15.9. The number of likely N-dealkylation sites (tertiary alicyclic amines) is 1. The molecule has 116 valence electrons. The van der Waals surface area contributed by atoms with Crippen molar-refractivity contribution in [2.24, 2.45) is 0 Å². The lowest BCUT2D eigenvalue weighted by Gasteiger charge is -2.32. The number of carbonyl (C=O) groups is 1. The van der Waals surface area contributed by atoms with Gasteiger partial charge in [-0.25, -0.2) is 0 Å². The monoisotopic (exact) mass is 435 g/mol. The molecule has 7 heteroatoms. The summed E-state index contributed by atoms with van der Waals surface area (Å²) in [6.45, 7) is 5.43. The normalized spacial score (nSPS) is 23.7. The van der Waals surface area contributed by atoms with Gasteiger partial charge in [0.2, 0.25) is 5.91 Å². The molecule has 1 amide bonds. The fraction of sp³-hybridized carbons (Fsp3) is 0.643. The van der Waals surface area contributed by atoms with Crippen LogP contribution in [0.3, 0.4) is 0 Å². The molecule has 0 radical (unpaired) electrons. The number of rotatable bonds is 3. The molecule has 2 saturated heterocycles. The van der Waals surface area contributed by atoms with Crippen LogP contribution in [0.2, 0.25) is 0 Å². The van der Waals surface area contributed by atoms with Crippen molar-refractivity contribution in [2.75, 3.05) is 32.7 Å². The van der Waals surface area contributed by atoms with E-state index in [0.717, 1.165) is 60.4 Å². The van der Waals surface area contributed by atoms with Crippen LogP contribution in [-0.2, 0) is 11.3 Å². The number of amides is 1. The zero-order valence-electron chi connectivity index (χ0n) is 11.8. The number of nitrogens with one attached hydrogen (secondary N) is 1. The van der Waals surface area contributed by atoms with E-state index in [4.69, 9.17) is 0 Å². The van der Waals surface area contributed by atoms with Crippen LogP contribution in [0.1, 0.15) is 17.7 Å². The Labute approximate surface area is 146 Å². The number of halogens is 2. The van der Waals surface area contributed by atoms with Crippen LogP contribution in [0.15, 0.2) is 14.3 Å². The average molecular weight is 437 g/mol. The molecule has 2 aliphatic heterocycles. The van der Waals surface area contributed by atoms with Gasteiger partial charge in [-0.05, 0) is 57.3 Å². The molecule has 1 N–H and O–H groups in total. The van der Waals surface area contributed by atoms with E-state index in [2.05, 4.69) is 48.1 Å². The average Bonchev–Trinajstić information content (AvgIpc) is 3.07. The summed E-state index contributed by atoms with van der Waals surface area (Å²) in [5.74, 6) is 0.323. The third kappa shape index (κ3) is 3.69. The molecule has 1 unspecified atom stereocenters. The minimum absolute atomic E-state index is 0.0720. The smallest absolute Gasteiger partial charge is 0.240 e. The first-order valence-electron chi connectivity index (χ1n) is 7.32. The van der Waals surface area contributed by atoms with Crippen LogP contribution in [-0.4, -0.2) is 54.5 Å². The third-order valence-electron chi connectivity index (χ3n) is 4.13. The fourth-order valence-electron chi connectivity index (χ4n) is 3.06. The summed E-state index contributed by atoms with van der Waals surface area (Å²) in [4.78, 5) is 18.4. The molecule has 0 aromatic carbocycles. The number of hydrogen-bond acceptors (Lipinski definition) is 4. The fourth-order valence-corrected chi connectivity index (χ4v) is 5.26. The van der Waals surface area contributed by atoms with Crippen LogP contribution in [0.5, 0.6) is 0 Å². The van der Waals surface area contributed by atoms with Crippen molar-refractivity contribution >= 4 is 49.1 Å². The topological polar surface area (TPSA) is 35.6 Å². The first-order chi connectivity index (χ1) is 10.1. The van der Waals surface area contributed by atoms with Gasteiger partial charge in [0, 0.05) is 42.1 Å². The molecule has 4 nitrogen and oxygen atoms in total.